The average Bonchev–Trinajstić information content (AvgIpc) is 3.60. The molecule has 0 radical (unpaired) electrons. The zero-order valence-electron chi connectivity index (χ0n) is 21.6. The molecular weight excluding hydrogens is 516 g/mol. The van der Waals surface area contributed by atoms with Crippen molar-refractivity contribution in [2.24, 2.45) is 5.92 Å². The van der Waals surface area contributed by atoms with Gasteiger partial charge in [-0.05, 0) is 43.9 Å². The van der Waals surface area contributed by atoms with Crippen molar-refractivity contribution in [2.75, 3.05) is 29.5 Å². The fourth-order valence-electron chi connectivity index (χ4n) is 5.59. The van der Waals surface area contributed by atoms with Crippen molar-refractivity contribution in [3.05, 3.63) is 48.5 Å². The minimum atomic E-state index is -2.46. The van der Waals surface area contributed by atoms with E-state index in [9.17, 15) is 19.2 Å². The topological polar surface area (TPSA) is 148 Å². The number of nitrogens with zero attached hydrogens (tertiary/aromatic N) is 5. The van der Waals surface area contributed by atoms with Crippen LogP contribution in [0.2, 0.25) is 0 Å². The van der Waals surface area contributed by atoms with E-state index in [4.69, 9.17) is 9.40 Å². The van der Waals surface area contributed by atoms with E-state index in [0.29, 0.717) is 60.6 Å². The summed E-state index contributed by atoms with van der Waals surface area (Å²) in [5.74, 6) is 1.51. The summed E-state index contributed by atoms with van der Waals surface area (Å²) in [4.78, 5) is 29.0. The smallest absolute Gasteiger partial charge is 0.265 e. The number of nitriles is 1. The van der Waals surface area contributed by atoms with Crippen LogP contribution in [0.1, 0.15) is 50.2 Å². The second-order valence-electron chi connectivity index (χ2n) is 10.7. The molecule has 11 heteroatoms. The number of amides is 1. The first-order valence-corrected chi connectivity index (χ1v) is 15.4. The van der Waals surface area contributed by atoms with Crippen molar-refractivity contribution >= 4 is 22.2 Å². The molecule has 10 nitrogen and oxygen atoms in total. The van der Waals surface area contributed by atoms with E-state index in [1.54, 1.807) is 18.5 Å². The summed E-state index contributed by atoms with van der Waals surface area (Å²) in [5.41, 5.74) is 1.82. The van der Waals surface area contributed by atoms with Gasteiger partial charge in [-0.25, -0.2) is 15.0 Å². The Labute approximate surface area is 228 Å². The molecule has 0 bridgehead atoms. The largest absolute Gasteiger partial charge is 0.438 e. The third-order valence-electron chi connectivity index (χ3n) is 8.06. The van der Waals surface area contributed by atoms with Gasteiger partial charge in [0.25, 0.3) is 5.89 Å². The van der Waals surface area contributed by atoms with Crippen LogP contribution in [0.5, 0.6) is 0 Å². The Morgan fingerprint density at radius 1 is 1.10 bits per heavy atom. The standard InChI is InChI=1S/C28H32N6O4S/c29-18-28(10-11-28)33-26(35)22-5-2-1-4-21(22)24-23(32-27(38-24)25-30-12-3-13-31-25)19-6-8-20(9-7-19)34-14-16-39(36,37)17-15-34/h3,6-9,12-13,21-22,36-37H,1-2,4-5,10-11,14-17H2,(H,33,35)/t21-,22-/m1/s1. The van der Waals surface area contributed by atoms with E-state index in [0.717, 1.165) is 36.9 Å². The molecule has 1 aliphatic heterocycles. The summed E-state index contributed by atoms with van der Waals surface area (Å²) >= 11 is 0. The zero-order valence-corrected chi connectivity index (χ0v) is 22.4. The highest BCUT2D eigenvalue weighted by Gasteiger charge is 2.47. The number of benzene rings is 1. The highest BCUT2D eigenvalue weighted by molar-refractivity contribution is 8.24. The number of oxazole rings is 1. The second kappa shape index (κ2) is 10.3. The molecule has 2 atom stereocenters. The molecule has 1 aromatic carbocycles. The highest BCUT2D eigenvalue weighted by atomic mass is 32.3. The minimum Gasteiger partial charge on any atom is -0.438 e. The van der Waals surface area contributed by atoms with Crippen LogP contribution in [0.4, 0.5) is 5.69 Å². The highest BCUT2D eigenvalue weighted by Crippen LogP contribution is 2.45. The summed E-state index contributed by atoms with van der Waals surface area (Å²) in [6.07, 6.45) is 8.10. The van der Waals surface area contributed by atoms with Crippen molar-refractivity contribution < 1.29 is 18.3 Å². The van der Waals surface area contributed by atoms with Gasteiger partial charge >= 0.3 is 0 Å². The molecule has 6 rings (SSSR count). The molecule has 3 heterocycles. The number of hydrogen-bond donors (Lipinski definition) is 3. The first kappa shape index (κ1) is 25.8. The summed E-state index contributed by atoms with van der Waals surface area (Å²) in [5, 5.41) is 12.5. The predicted octanol–water partition coefficient (Wildman–Crippen LogP) is 4.82. The first-order valence-electron chi connectivity index (χ1n) is 13.5. The molecule has 0 spiro atoms. The summed E-state index contributed by atoms with van der Waals surface area (Å²) in [7, 11) is -2.46. The van der Waals surface area contributed by atoms with E-state index < -0.39 is 16.1 Å². The van der Waals surface area contributed by atoms with E-state index in [1.165, 1.54) is 0 Å². The van der Waals surface area contributed by atoms with Crippen LogP contribution in [-0.4, -0.2) is 60.1 Å². The van der Waals surface area contributed by atoms with Gasteiger partial charge in [-0.15, -0.1) is 0 Å². The second-order valence-corrected chi connectivity index (χ2v) is 13.2. The molecule has 3 aromatic rings. The lowest BCUT2D eigenvalue weighted by atomic mass is 9.76. The molecule has 1 amide bonds. The molecule has 204 valence electrons. The van der Waals surface area contributed by atoms with Gasteiger partial charge in [-0.2, -0.15) is 15.9 Å². The molecule has 3 aliphatic rings. The normalized spacial score (nSPS) is 24.4. The van der Waals surface area contributed by atoms with Crippen LogP contribution in [0.15, 0.2) is 47.1 Å². The van der Waals surface area contributed by atoms with Crippen LogP contribution in [0, 0.1) is 17.2 Å². The Morgan fingerprint density at radius 3 is 2.46 bits per heavy atom. The number of carbonyl (C=O) groups is 1. The Kier molecular flexibility index (Phi) is 6.79. The van der Waals surface area contributed by atoms with Gasteiger partial charge in [0.2, 0.25) is 11.7 Å². The Bertz CT molecular complexity index is 1370. The van der Waals surface area contributed by atoms with E-state index in [-0.39, 0.29) is 17.7 Å². The van der Waals surface area contributed by atoms with Crippen LogP contribution in [-0.2, 0) is 4.79 Å². The van der Waals surface area contributed by atoms with Gasteiger partial charge in [-0.1, -0.05) is 25.0 Å². The maximum Gasteiger partial charge on any atom is 0.265 e. The number of aromatic nitrogens is 3. The van der Waals surface area contributed by atoms with E-state index in [2.05, 4.69) is 26.3 Å². The third kappa shape index (κ3) is 5.37. The van der Waals surface area contributed by atoms with Gasteiger partial charge in [-0.3, -0.25) is 13.9 Å². The number of nitrogens with one attached hydrogen (secondary N) is 1. The summed E-state index contributed by atoms with van der Waals surface area (Å²) < 4.78 is 26.3. The fourth-order valence-corrected chi connectivity index (χ4v) is 6.82. The van der Waals surface area contributed by atoms with Crippen LogP contribution < -0.4 is 10.2 Å². The summed E-state index contributed by atoms with van der Waals surface area (Å²) in [6, 6.07) is 12.0. The van der Waals surface area contributed by atoms with Gasteiger partial charge < -0.3 is 14.6 Å². The molecule has 1 saturated heterocycles. The molecule has 3 N–H and O–H groups in total. The molecule has 39 heavy (non-hydrogen) atoms. The van der Waals surface area contributed by atoms with Gasteiger partial charge in [0.1, 0.15) is 17.0 Å². The molecule has 2 saturated carbocycles. The Balaban J connectivity index is 1.33. The van der Waals surface area contributed by atoms with E-state index >= 15 is 0 Å². The number of carbonyl (C=O) groups excluding carboxylic acids is 1. The molecule has 2 aromatic heterocycles. The van der Waals surface area contributed by atoms with Crippen molar-refractivity contribution in [3.8, 4) is 29.0 Å². The zero-order chi connectivity index (χ0) is 27.0. The molecule has 2 aliphatic carbocycles. The number of rotatable bonds is 6. The molecule has 0 unspecified atom stereocenters. The van der Waals surface area contributed by atoms with Crippen molar-refractivity contribution in [1.82, 2.24) is 20.3 Å². The fraction of sp³-hybridized carbons (Fsp3) is 0.464. The van der Waals surface area contributed by atoms with Crippen molar-refractivity contribution in [3.63, 3.8) is 0 Å². The lowest BCUT2D eigenvalue weighted by molar-refractivity contribution is -0.127. The lowest BCUT2D eigenvalue weighted by Gasteiger charge is -2.41. The first-order chi connectivity index (χ1) is 18.9. The van der Waals surface area contributed by atoms with Crippen LogP contribution in [0.3, 0.4) is 0 Å². The molecular formula is C28H32N6O4S. The maximum atomic E-state index is 13.4. The van der Waals surface area contributed by atoms with Gasteiger partial charge in [0.05, 0.1) is 17.6 Å². The van der Waals surface area contributed by atoms with Crippen molar-refractivity contribution in [2.45, 2.75) is 50.0 Å². The predicted molar refractivity (Wildman–Crippen MR) is 148 cm³/mol. The Morgan fingerprint density at radius 2 is 1.79 bits per heavy atom. The average molecular weight is 549 g/mol. The Hall–Kier alpha value is -3.46. The lowest BCUT2D eigenvalue weighted by Crippen LogP contribution is -2.42. The van der Waals surface area contributed by atoms with Crippen molar-refractivity contribution in [1.29, 1.82) is 5.26 Å². The monoisotopic (exact) mass is 548 g/mol. The van der Waals surface area contributed by atoms with Crippen LogP contribution in [0.25, 0.3) is 23.0 Å². The SMILES string of the molecule is N#CC1(NC(=O)[C@@H]2CCCC[C@H]2c2oc(-c3ncccn3)nc2-c2ccc(N3CCS(O)(O)CC3)cc2)CC1. The minimum absolute atomic E-state index is 0.0926. The third-order valence-corrected chi connectivity index (χ3v) is 9.73. The maximum absolute atomic E-state index is 13.4. The van der Waals surface area contributed by atoms with Gasteiger partial charge in [0.15, 0.2) is 0 Å². The number of hydrogen-bond acceptors (Lipinski definition) is 9. The summed E-state index contributed by atoms with van der Waals surface area (Å²) in [6.45, 7) is 1.19. The number of anilines is 1. The van der Waals surface area contributed by atoms with Gasteiger partial charge in [0, 0.05) is 48.6 Å². The molecule has 3 fully saturated rings. The quantitative estimate of drug-likeness (QED) is 0.394. The van der Waals surface area contributed by atoms with E-state index in [1.807, 2.05) is 24.3 Å². The van der Waals surface area contributed by atoms with Crippen LogP contribution >= 0.6 is 10.6 Å².